The van der Waals surface area contributed by atoms with Gasteiger partial charge in [-0.1, -0.05) is 22.4 Å². The second-order valence-electron chi connectivity index (χ2n) is 6.60. The van der Waals surface area contributed by atoms with E-state index in [1.807, 2.05) is 6.07 Å². The van der Waals surface area contributed by atoms with E-state index in [1.165, 1.54) is 0 Å². The third-order valence-corrected chi connectivity index (χ3v) is 5.50. The first kappa shape index (κ1) is 17.7. The number of aromatic nitrogens is 2. The van der Waals surface area contributed by atoms with Gasteiger partial charge in [-0.25, -0.2) is 14.4 Å². The Hall–Kier alpha value is -2.68. The van der Waals surface area contributed by atoms with E-state index in [9.17, 15) is 18.8 Å². The molecule has 0 bridgehead atoms. The Kier molecular flexibility index (Phi) is 4.26. The van der Waals surface area contributed by atoms with E-state index >= 15 is 0 Å². The molecular weight excluding hydrogens is 419 g/mol. The number of carbonyl (C=O) groups excluding carboxylic acids is 3. The molecule has 2 heterocycles. The van der Waals surface area contributed by atoms with Crippen molar-refractivity contribution in [2.45, 2.75) is 24.7 Å². The van der Waals surface area contributed by atoms with E-state index in [4.69, 9.17) is 0 Å². The van der Waals surface area contributed by atoms with Gasteiger partial charge in [0.1, 0.15) is 6.54 Å². The van der Waals surface area contributed by atoms with Gasteiger partial charge in [-0.3, -0.25) is 24.6 Å². The fraction of sp³-hybridized carbons (Fsp3) is 0.278. The van der Waals surface area contributed by atoms with Gasteiger partial charge in [-0.05, 0) is 36.6 Å². The first-order chi connectivity index (χ1) is 12.9. The molecule has 0 saturated heterocycles. The standard InChI is InChI=1S/C18H14BrFN4O3/c19-10-2-3-12-13(6-10)18(4-1-5-18)16(27)24(15(12)26)9-14(25)23-17-21-7-11(20)8-22-17/h2-3,6-8H,1,4-5,9H2,(H,21,22,23,25). The van der Waals surface area contributed by atoms with Crippen molar-refractivity contribution in [2.75, 3.05) is 11.9 Å². The molecule has 4 rings (SSSR count). The summed E-state index contributed by atoms with van der Waals surface area (Å²) in [5.41, 5.74) is 0.402. The molecule has 2 aliphatic rings. The van der Waals surface area contributed by atoms with Crippen LogP contribution in [-0.2, 0) is 15.0 Å². The average molecular weight is 433 g/mol. The van der Waals surface area contributed by atoms with E-state index in [0.29, 0.717) is 18.4 Å². The van der Waals surface area contributed by atoms with Crippen molar-refractivity contribution < 1.29 is 18.8 Å². The van der Waals surface area contributed by atoms with E-state index < -0.39 is 29.6 Å². The number of rotatable bonds is 3. The number of anilines is 1. The average Bonchev–Trinajstić information content (AvgIpc) is 2.59. The molecule has 138 valence electrons. The van der Waals surface area contributed by atoms with Gasteiger partial charge in [0.05, 0.1) is 17.8 Å². The molecule has 0 unspecified atom stereocenters. The Morgan fingerprint density at radius 1 is 1.26 bits per heavy atom. The van der Waals surface area contributed by atoms with Crippen LogP contribution in [0.3, 0.4) is 0 Å². The quantitative estimate of drug-likeness (QED) is 0.751. The minimum Gasteiger partial charge on any atom is -0.293 e. The number of halogens is 2. The minimum absolute atomic E-state index is 0.0963. The SMILES string of the molecule is O=C(CN1C(=O)c2ccc(Br)cc2C2(CCC2)C1=O)Nc1ncc(F)cn1. The van der Waals surface area contributed by atoms with Crippen molar-refractivity contribution in [2.24, 2.45) is 0 Å². The van der Waals surface area contributed by atoms with Gasteiger partial charge in [0.25, 0.3) is 5.91 Å². The van der Waals surface area contributed by atoms with Gasteiger partial charge < -0.3 is 0 Å². The van der Waals surface area contributed by atoms with Gasteiger partial charge in [0.15, 0.2) is 5.82 Å². The number of carbonyl (C=O) groups is 3. The maximum Gasteiger partial charge on any atom is 0.261 e. The van der Waals surface area contributed by atoms with Crippen molar-refractivity contribution in [3.8, 4) is 0 Å². The largest absolute Gasteiger partial charge is 0.293 e. The molecule has 1 aromatic heterocycles. The fourth-order valence-corrected chi connectivity index (χ4v) is 3.91. The van der Waals surface area contributed by atoms with Crippen LogP contribution in [0.1, 0.15) is 35.2 Å². The topological polar surface area (TPSA) is 92.3 Å². The summed E-state index contributed by atoms with van der Waals surface area (Å²) in [6, 6.07) is 5.22. The smallest absolute Gasteiger partial charge is 0.261 e. The number of fused-ring (bicyclic) bond motifs is 2. The van der Waals surface area contributed by atoms with E-state index in [-0.39, 0.29) is 11.9 Å². The zero-order chi connectivity index (χ0) is 19.2. The summed E-state index contributed by atoms with van der Waals surface area (Å²) in [5.74, 6) is -2.22. The Morgan fingerprint density at radius 2 is 1.96 bits per heavy atom. The third kappa shape index (κ3) is 2.91. The van der Waals surface area contributed by atoms with Crippen LogP contribution in [0.2, 0.25) is 0 Å². The van der Waals surface area contributed by atoms with Crippen molar-refractivity contribution in [1.29, 1.82) is 0 Å². The number of amides is 3. The molecule has 0 atom stereocenters. The second kappa shape index (κ2) is 6.49. The van der Waals surface area contributed by atoms with Gasteiger partial charge in [-0.15, -0.1) is 0 Å². The van der Waals surface area contributed by atoms with Crippen molar-refractivity contribution in [3.05, 3.63) is 52.0 Å². The van der Waals surface area contributed by atoms with Crippen LogP contribution in [0.5, 0.6) is 0 Å². The zero-order valence-electron chi connectivity index (χ0n) is 14.0. The number of benzene rings is 1. The van der Waals surface area contributed by atoms with Crippen LogP contribution in [0.25, 0.3) is 0 Å². The summed E-state index contributed by atoms with van der Waals surface area (Å²) >= 11 is 3.39. The minimum atomic E-state index is -0.750. The van der Waals surface area contributed by atoms with Crippen LogP contribution in [0, 0.1) is 5.82 Å². The van der Waals surface area contributed by atoms with Gasteiger partial charge >= 0.3 is 0 Å². The molecule has 7 nitrogen and oxygen atoms in total. The van der Waals surface area contributed by atoms with Crippen LogP contribution < -0.4 is 5.32 Å². The highest BCUT2D eigenvalue weighted by molar-refractivity contribution is 9.10. The molecule has 1 aliphatic heterocycles. The van der Waals surface area contributed by atoms with E-state index in [0.717, 1.165) is 33.8 Å². The molecule has 9 heteroatoms. The molecule has 0 radical (unpaired) electrons. The Bertz CT molecular complexity index is 960. The van der Waals surface area contributed by atoms with Crippen molar-refractivity contribution >= 4 is 39.6 Å². The Labute approximate surface area is 162 Å². The zero-order valence-corrected chi connectivity index (χ0v) is 15.6. The maximum absolute atomic E-state index is 13.1. The van der Waals surface area contributed by atoms with Crippen LogP contribution in [0.4, 0.5) is 10.3 Å². The van der Waals surface area contributed by atoms with Crippen LogP contribution >= 0.6 is 15.9 Å². The highest BCUT2D eigenvalue weighted by Crippen LogP contribution is 2.49. The third-order valence-electron chi connectivity index (χ3n) is 5.01. The predicted molar refractivity (Wildman–Crippen MR) is 96.3 cm³/mol. The molecule has 1 fully saturated rings. The van der Waals surface area contributed by atoms with Gasteiger partial charge in [-0.2, -0.15) is 0 Å². The lowest BCUT2D eigenvalue weighted by Crippen LogP contribution is -2.58. The highest BCUT2D eigenvalue weighted by Gasteiger charge is 2.54. The normalized spacial score (nSPS) is 17.5. The van der Waals surface area contributed by atoms with Crippen molar-refractivity contribution in [1.82, 2.24) is 14.9 Å². The molecule has 1 spiro atoms. The monoisotopic (exact) mass is 432 g/mol. The van der Waals surface area contributed by atoms with E-state index in [2.05, 4.69) is 31.2 Å². The second-order valence-corrected chi connectivity index (χ2v) is 7.51. The van der Waals surface area contributed by atoms with Crippen LogP contribution in [0.15, 0.2) is 35.1 Å². The number of imide groups is 1. The van der Waals surface area contributed by atoms with Crippen molar-refractivity contribution in [3.63, 3.8) is 0 Å². The Morgan fingerprint density at radius 3 is 2.59 bits per heavy atom. The molecule has 3 amide bonds. The molecule has 1 saturated carbocycles. The van der Waals surface area contributed by atoms with Crippen LogP contribution in [-0.4, -0.2) is 39.1 Å². The summed E-state index contributed by atoms with van der Waals surface area (Å²) < 4.78 is 13.7. The number of nitrogens with one attached hydrogen (secondary N) is 1. The summed E-state index contributed by atoms with van der Waals surface area (Å²) in [6.07, 6.45) is 3.99. The van der Waals surface area contributed by atoms with Gasteiger partial charge in [0, 0.05) is 10.0 Å². The number of hydrogen-bond donors (Lipinski definition) is 1. The lowest BCUT2D eigenvalue weighted by Gasteiger charge is -2.47. The Balaban J connectivity index is 1.60. The molecule has 1 aliphatic carbocycles. The number of nitrogens with zero attached hydrogens (tertiary/aromatic N) is 3. The lowest BCUT2D eigenvalue weighted by atomic mass is 9.61. The van der Waals surface area contributed by atoms with E-state index in [1.54, 1.807) is 12.1 Å². The maximum atomic E-state index is 13.1. The first-order valence-electron chi connectivity index (χ1n) is 8.34. The predicted octanol–water partition coefficient (Wildman–Crippen LogP) is 2.42. The summed E-state index contributed by atoms with van der Waals surface area (Å²) in [5, 5.41) is 2.37. The molecular formula is C18H14BrFN4O3. The number of hydrogen-bond acceptors (Lipinski definition) is 5. The van der Waals surface area contributed by atoms with Gasteiger partial charge in [0.2, 0.25) is 17.8 Å². The molecule has 2 aromatic rings. The summed E-state index contributed by atoms with van der Waals surface area (Å²) in [6.45, 7) is -0.449. The molecule has 27 heavy (non-hydrogen) atoms. The fourth-order valence-electron chi connectivity index (χ4n) is 3.55. The summed E-state index contributed by atoms with van der Waals surface area (Å²) in [4.78, 5) is 46.5. The highest BCUT2D eigenvalue weighted by atomic mass is 79.9. The summed E-state index contributed by atoms with van der Waals surface area (Å²) in [7, 11) is 0. The first-order valence-corrected chi connectivity index (χ1v) is 9.14. The molecule has 1 aromatic carbocycles. The lowest BCUT2D eigenvalue weighted by molar-refractivity contribution is -0.141. The molecule has 1 N–H and O–H groups in total.